The Morgan fingerprint density at radius 2 is 1.95 bits per heavy atom. The van der Waals surface area contributed by atoms with Gasteiger partial charge in [-0.3, -0.25) is 0 Å². The van der Waals surface area contributed by atoms with Gasteiger partial charge in [0.15, 0.2) is 11.5 Å². The molecule has 0 aliphatic heterocycles. The molecule has 0 amide bonds. The number of ether oxygens (including phenoxy) is 2. The van der Waals surface area contributed by atoms with Gasteiger partial charge in [-0.15, -0.1) is 0 Å². The summed E-state index contributed by atoms with van der Waals surface area (Å²) in [5.41, 5.74) is 7.94. The normalized spacial score (nSPS) is 10.2. The van der Waals surface area contributed by atoms with Crippen molar-refractivity contribution in [3.05, 3.63) is 53.1 Å². The van der Waals surface area contributed by atoms with Crippen LogP contribution in [0.15, 0.2) is 36.4 Å². The van der Waals surface area contributed by atoms with Crippen LogP contribution in [0.1, 0.15) is 21.5 Å². The van der Waals surface area contributed by atoms with Gasteiger partial charge in [-0.1, -0.05) is 24.3 Å². The minimum atomic E-state index is -1.10. The van der Waals surface area contributed by atoms with Gasteiger partial charge in [-0.05, 0) is 18.1 Å². The smallest absolute Gasteiger partial charge is 0.337 e. The van der Waals surface area contributed by atoms with Crippen molar-refractivity contribution in [3.63, 3.8) is 0 Å². The molecule has 2 aromatic carbocycles. The van der Waals surface area contributed by atoms with E-state index in [1.807, 2.05) is 31.2 Å². The molecule has 0 atom stereocenters. The fourth-order valence-corrected chi connectivity index (χ4v) is 1.96. The molecule has 0 aliphatic carbocycles. The number of carboxylic acid groups (broad SMARTS) is 1. The largest absolute Gasteiger partial charge is 0.493 e. The molecule has 5 nitrogen and oxygen atoms in total. The first-order valence-corrected chi connectivity index (χ1v) is 6.41. The predicted molar refractivity (Wildman–Crippen MR) is 79.9 cm³/mol. The van der Waals surface area contributed by atoms with Crippen LogP contribution in [0, 0.1) is 6.92 Å². The molecule has 5 heteroatoms. The SMILES string of the molecule is COc1cc(N)c(C(=O)O)cc1OCc1ccccc1C. The topological polar surface area (TPSA) is 81.8 Å². The first-order chi connectivity index (χ1) is 10.0. The number of hydrogen-bond acceptors (Lipinski definition) is 4. The van der Waals surface area contributed by atoms with Crippen LogP contribution in [0.25, 0.3) is 0 Å². The summed E-state index contributed by atoms with van der Waals surface area (Å²) in [6.45, 7) is 2.31. The van der Waals surface area contributed by atoms with Crippen LogP contribution in [-0.2, 0) is 6.61 Å². The van der Waals surface area contributed by atoms with Gasteiger partial charge < -0.3 is 20.3 Å². The first-order valence-electron chi connectivity index (χ1n) is 6.41. The van der Waals surface area contributed by atoms with E-state index in [0.717, 1.165) is 11.1 Å². The molecule has 0 spiro atoms. The summed E-state index contributed by atoms with van der Waals surface area (Å²) in [7, 11) is 1.48. The van der Waals surface area contributed by atoms with Gasteiger partial charge in [0.25, 0.3) is 0 Å². The van der Waals surface area contributed by atoms with E-state index in [0.29, 0.717) is 18.1 Å². The van der Waals surface area contributed by atoms with Crippen LogP contribution in [0.4, 0.5) is 5.69 Å². The van der Waals surface area contributed by atoms with Gasteiger partial charge >= 0.3 is 5.97 Å². The van der Waals surface area contributed by atoms with Gasteiger partial charge in [0.05, 0.1) is 18.4 Å². The summed E-state index contributed by atoms with van der Waals surface area (Å²) in [6, 6.07) is 10.7. The van der Waals surface area contributed by atoms with E-state index in [4.69, 9.17) is 20.3 Å². The molecule has 110 valence electrons. The van der Waals surface area contributed by atoms with Crippen LogP contribution in [0.3, 0.4) is 0 Å². The molecule has 0 saturated carbocycles. The number of aromatic carboxylic acids is 1. The first kappa shape index (κ1) is 14.7. The average molecular weight is 287 g/mol. The lowest BCUT2D eigenvalue weighted by atomic mass is 10.1. The second kappa shape index (κ2) is 6.17. The highest BCUT2D eigenvalue weighted by atomic mass is 16.5. The van der Waals surface area contributed by atoms with Gasteiger partial charge in [0.2, 0.25) is 0 Å². The molecule has 0 radical (unpaired) electrons. The summed E-state index contributed by atoms with van der Waals surface area (Å²) < 4.78 is 10.9. The molecular formula is C16H17NO4. The second-order valence-corrected chi connectivity index (χ2v) is 4.61. The van der Waals surface area contributed by atoms with Gasteiger partial charge in [0.1, 0.15) is 6.61 Å². The molecule has 0 aliphatic rings. The van der Waals surface area contributed by atoms with Gasteiger partial charge in [-0.2, -0.15) is 0 Å². The fraction of sp³-hybridized carbons (Fsp3) is 0.188. The standard InChI is InChI=1S/C16H17NO4/c1-10-5-3-4-6-11(10)9-21-15-7-12(16(18)19)13(17)8-14(15)20-2/h3-8H,9,17H2,1-2H3,(H,18,19). The summed E-state index contributed by atoms with van der Waals surface area (Å²) >= 11 is 0. The Morgan fingerprint density at radius 1 is 1.24 bits per heavy atom. The van der Waals surface area contributed by atoms with Crippen molar-refractivity contribution in [1.29, 1.82) is 0 Å². The third kappa shape index (κ3) is 3.25. The van der Waals surface area contributed by atoms with Crippen LogP contribution in [0.2, 0.25) is 0 Å². The van der Waals surface area contributed by atoms with E-state index in [1.165, 1.54) is 19.2 Å². The minimum absolute atomic E-state index is 0.00409. The quantitative estimate of drug-likeness (QED) is 0.826. The summed E-state index contributed by atoms with van der Waals surface area (Å²) in [4.78, 5) is 11.1. The molecule has 2 aromatic rings. The lowest BCUT2D eigenvalue weighted by Crippen LogP contribution is -2.05. The predicted octanol–water partition coefficient (Wildman–Crippen LogP) is 2.86. The van der Waals surface area contributed by atoms with Crippen LogP contribution >= 0.6 is 0 Å². The summed E-state index contributed by atoms with van der Waals surface area (Å²) in [5, 5.41) is 9.11. The Kier molecular flexibility index (Phi) is 4.33. The number of nitrogens with two attached hydrogens (primary N) is 1. The van der Waals surface area contributed by atoms with Crippen LogP contribution in [-0.4, -0.2) is 18.2 Å². The van der Waals surface area contributed by atoms with Gasteiger partial charge in [0, 0.05) is 12.1 Å². The van der Waals surface area contributed by atoms with Gasteiger partial charge in [-0.25, -0.2) is 4.79 Å². The molecule has 0 aromatic heterocycles. The van der Waals surface area contributed by atoms with Crippen molar-refractivity contribution in [2.24, 2.45) is 0 Å². The van der Waals surface area contributed by atoms with E-state index in [-0.39, 0.29) is 11.3 Å². The molecule has 2 rings (SSSR count). The maximum Gasteiger partial charge on any atom is 0.337 e. The Bertz CT molecular complexity index is 667. The monoisotopic (exact) mass is 287 g/mol. The fourth-order valence-electron chi connectivity index (χ4n) is 1.96. The third-order valence-corrected chi connectivity index (χ3v) is 3.21. The van der Waals surface area contributed by atoms with Crippen LogP contribution < -0.4 is 15.2 Å². The molecule has 0 unspecified atom stereocenters. The Labute approximate surface area is 122 Å². The maximum absolute atomic E-state index is 11.1. The van der Waals surface area contributed by atoms with Crippen molar-refractivity contribution in [2.45, 2.75) is 13.5 Å². The van der Waals surface area contributed by atoms with E-state index >= 15 is 0 Å². The van der Waals surface area contributed by atoms with Crippen LogP contribution in [0.5, 0.6) is 11.5 Å². The number of benzene rings is 2. The molecule has 0 fully saturated rings. The lowest BCUT2D eigenvalue weighted by molar-refractivity contribution is 0.0697. The number of aryl methyl sites for hydroxylation is 1. The van der Waals surface area contributed by atoms with E-state index in [9.17, 15) is 4.79 Å². The number of carbonyl (C=O) groups is 1. The molecule has 21 heavy (non-hydrogen) atoms. The second-order valence-electron chi connectivity index (χ2n) is 4.61. The lowest BCUT2D eigenvalue weighted by Gasteiger charge is -2.14. The number of anilines is 1. The van der Waals surface area contributed by atoms with Crippen molar-refractivity contribution in [2.75, 3.05) is 12.8 Å². The zero-order valence-electron chi connectivity index (χ0n) is 11.9. The summed E-state index contributed by atoms with van der Waals surface area (Å²) in [5.74, 6) is -0.339. The number of methoxy groups -OCH3 is 1. The highest BCUT2D eigenvalue weighted by Crippen LogP contribution is 2.33. The van der Waals surface area contributed by atoms with Crippen molar-refractivity contribution in [3.8, 4) is 11.5 Å². The van der Waals surface area contributed by atoms with E-state index < -0.39 is 5.97 Å². The third-order valence-electron chi connectivity index (χ3n) is 3.21. The number of hydrogen-bond donors (Lipinski definition) is 2. The highest BCUT2D eigenvalue weighted by Gasteiger charge is 2.15. The minimum Gasteiger partial charge on any atom is -0.493 e. The highest BCUT2D eigenvalue weighted by molar-refractivity contribution is 5.94. The molecule has 0 saturated heterocycles. The average Bonchev–Trinajstić information content (AvgIpc) is 2.46. The van der Waals surface area contributed by atoms with Crippen molar-refractivity contribution < 1.29 is 19.4 Å². The Hall–Kier alpha value is -2.69. The molecule has 3 N–H and O–H groups in total. The van der Waals surface area contributed by atoms with E-state index in [1.54, 1.807) is 0 Å². The zero-order valence-corrected chi connectivity index (χ0v) is 11.9. The van der Waals surface area contributed by atoms with Crippen molar-refractivity contribution in [1.82, 2.24) is 0 Å². The van der Waals surface area contributed by atoms with E-state index in [2.05, 4.69) is 0 Å². The Morgan fingerprint density at radius 3 is 2.57 bits per heavy atom. The molecule has 0 heterocycles. The Balaban J connectivity index is 2.28. The number of nitrogen functional groups attached to an aromatic ring is 1. The molecule has 0 bridgehead atoms. The number of carboxylic acids is 1. The zero-order chi connectivity index (χ0) is 15.4. The van der Waals surface area contributed by atoms with Crippen molar-refractivity contribution >= 4 is 11.7 Å². The molecular weight excluding hydrogens is 270 g/mol. The summed E-state index contributed by atoms with van der Waals surface area (Å²) in [6.07, 6.45) is 0. The maximum atomic E-state index is 11.1. The number of rotatable bonds is 5.